The summed E-state index contributed by atoms with van der Waals surface area (Å²) >= 11 is 0. The van der Waals surface area contributed by atoms with E-state index in [1.807, 2.05) is 80.6 Å². The molecule has 0 aliphatic carbocycles. The van der Waals surface area contributed by atoms with Gasteiger partial charge in [-0.25, -0.2) is 0 Å². The van der Waals surface area contributed by atoms with Crippen LogP contribution in [0, 0.1) is 0 Å². The molecule has 7 heteroatoms. The molecule has 35 heavy (non-hydrogen) atoms. The molecule has 2 heterocycles. The lowest BCUT2D eigenvalue weighted by Gasteiger charge is -2.24. The number of pyridine rings is 2. The molecule has 0 spiro atoms. The minimum absolute atomic E-state index is 0.508. The molecule has 0 bridgehead atoms. The summed E-state index contributed by atoms with van der Waals surface area (Å²) in [4.78, 5) is 8.50. The maximum atomic E-state index is 10.8. The number of hydrogen-bond donors (Lipinski definition) is 1. The Hall–Kier alpha value is -3.13. The summed E-state index contributed by atoms with van der Waals surface area (Å²) in [6, 6.07) is 28.9. The van der Waals surface area contributed by atoms with Crippen LogP contribution in [-0.4, -0.2) is 35.9 Å². The van der Waals surface area contributed by atoms with Crippen LogP contribution in [0.1, 0.15) is 13.3 Å². The molecule has 0 radical (unpaired) electrons. The van der Waals surface area contributed by atoms with Gasteiger partial charge in [0.1, 0.15) is 0 Å². The van der Waals surface area contributed by atoms with E-state index in [0.29, 0.717) is 6.42 Å². The SMILES string of the molecule is CCC([Si](C)(C)C)S(=O)(=O)O.c1ccc(-c2ccnc(-c3cc(-c4ccccc4)ccn3)c2)cc1. The van der Waals surface area contributed by atoms with Crippen molar-refractivity contribution < 1.29 is 13.0 Å². The van der Waals surface area contributed by atoms with Gasteiger partial charge in [-0.15, -0.1) is 0 Å². The first-order chi connectivity index (χ1) is 16.6. The topological polar surface area (TPSA) is 80.2 Å². The Morgan fingerprint density at radius 2 is 1.11 bits per heavy atom. The third kappa shape index (κ3) is 7.42. The highest BCUT2D eigenvalue weighted by Crippen LogP contribution is 2.26. The number of aromatic nitrogens is 2. The zero-order valence-corrected chi connectivity index (χ0v) is 22.4. The first-order valence-corrected chi connectivity index (χ1v) is 16.7. The highest BCUT2D eigenvalue weighted by Gasteiger charge is 2.34. The summed E-state index contributed by atoms with van der Waals surface area (Å²) in [5, 5.41) is 0. The largest absolute Gasteiger partial charge is 0.286 e. The Balaban J connectivity index is 0.000000266. The summed E-state index contributed by atoms with van der Waals surface area (Å²) in [5.74, 6) is 0. The summed E-state index contributed by atoms with van der Waals surface area (Å²) in [5.41, 5.74) is 6.42. The second-order valence-electron chi connectivity index (χ2n) is 9.37. The summed E-state index contributed by atoms with van der Waals surface area (Å²) < 4.78 is 30.4. The van der Waals surface area contributed by atoms with E-state index in [-0.39, 0.29) is 0 Å². The van der Waals surface area contributed by atoms with Crippen molar-refractivity contribution in [2.24, 2.45) is 0 Å². The van der Waals surface area contributed by atoms with Crippen molar-refractivity contribution in [3.05, 3.63) is 97.3 Å². The Bertz CT molecular complexity index is 1260. The van der Waals surface area contributed by atoms with Crippen molar-refractivity contribution in [2.45, 2.75) is 37.9 Å². The van der Waals surface area contributed by atoms with Crippen molar-refractivity contribution in [3.63, 3.8) is 0 Å². The Morgan fingerprint density at radius 1 is 0.714 bits per heavy atom. The van der Waals surface area contributed by atoms with Gasteiger partial charge in [0.25, 0.3) is 10.1 Å². The highest BCUT2D eigenvalue weighted by molar-refractivity contribution is 7.88. The van der Waals surface area contributed by atoms with Crippen LogP contribution in [0.5, 0.6) is 0 Å². The number of hydrogen-bond acceptors (Lipinski definition) is 4. The lowest BCUT2D eigenvalue weighted by atomic mass is 10.0. The molecular formula is C28H32N2O3SSi. The molecule has 0 aliphatic rings. The predicted octanol–water partition coefficient (Wildman–Crippen LogP) is 7.01. The van der Waals surface area contributed by atoms with Crippen molar-refractivity contribution in [3.8, 4) is 33.6 Å². The average molecular weight is 505 g/mol. The monoisotopic (exact) mass is 504 g/mol. The van der Waals surface area contributed by atoms with Crippen molar-refractivity contribution in [2.75, 3.05) is 0 Å². The van der Waals surface area contributed by atoms with E-state index in [9.17, 15) is 8.42 Å². The Kier molecular flexibility index (Phi) is 8.72. The summed E-state index contributed by atoms with van der Waals surface area (Å²) in [6.45, 7) is 7.61. The first kappa shape index (κ1) is 26.5. The minimum Gasteiger partial charge on any atom is -0.286 e. The fraction of sp³-hybridized carbons (Fsp3) is 0.214. The lowest BCUT2D eigenvalue weighted by Crippen LogP contribution is -2.43. The van der Waals surface area contributed by atoms with E-state index in [0.717, 1.165) is 22.5 Å². The molecule has 4 rings (SSSR count). The van der Waals surface area contributed by atoms with E-state index < -0.39 is 23.1 Å². The second kappa shape index (κ2) is 11.5. The zero-order valence-electron chi connectivity index (χ0n) is 20.6. The average Bonchev–Trinajstić information content (AvgIpc) is 2.84. The van der Waals surface area contributed by atoms with E-state index in [1.54, 1.807) is 6.92 Å². The van der Waals surface area contributed by atoms with Gasteiger partial charge in [0.2, 0.25) is 0 Å². The van der Waals surface area contributed by atoms with Gasteiger partial charge in [0.15, 0.2) is 0 Å². The summed E-state index contributed by atoms with van der Waals surface area (Å²) in [6.07, 6.45) is 4.19. The van der Waals surface area contributed by atoms with Gasteiger partial charge < -0.3 is 0 Å². The quantitative estimate of drug-likeness (QED) is 0.226. The van der Waals surface area contributed by atoms with Crippen LogP contribution in [0.15, 0.2) is 97.3 Å². The van der Waals surface area contributed by atoms with Crippen molar-refractivity contribution >= 4 is 18.2 Å². The minimum atomic E-state index is -3.81. The molecule has 0 amide bonds. The van der Waals surface area contributed by atoms with Gasteiger partial charge in [0.05, 0.1) is 24.3 Å². The van der Waals surface area contributed by atoms with E-state index in [1.165, 1.54) is 11.1 Å². The lowest BCUT2D eigenvalue weighted by molar-refractivity contribution is 0.476. The molecule has 0 saturated heterocycles. The van der Waals surface area contributed by atoms with Crippen LogP contribution in [0.2, 0.25) is 19.6 Å². The molecule has 1 unspecified atom stereocenters. The fourth-order valence-electron chi connectivity index (χ4n) is 4.03. The van der Waals surface area contributed by atoms with Crippen molar-refractivity contribution in [1.82, 2.24) is 9.97 Å². The standard InChI is InChI=1S/C22H16N2.C6H16O3SSi/c1-3-7-17(8-4-1)19-11-13-23-21(15-19)22-16-20(12-14-24-22)18-9-5-2-6-10-18;1-5-6(10(7,8)9)11(2,3)4/h1-16H;6H,5H2,1-4H3,(H,7,8,9). The van der Waals surface area contributed by atoms with Crippen molar-refractivity contribution in [1.29, 1.82) is 0 Å². The van der Waals surface area contributed by atoms with E-state index in [2.05, 4.69) is 46.4 Å². The van der Waals surface area contributed by atoms with Gasteiger partial charge in [-0.2, -0.15) is 8.42 Å². The molecular weight excluding hydrogens is 472 g/mol. The fourth-order valence-corrected chi connectivity index (χ4v) is 9.25. The smallest absolute Gasteiger partial charge is 0.265 e. The molecule has 2 aromatic heterocycles. The van der Waals surface area contributed by atoms with Crippen LogP contribution in [-0.2, 0) is 10.1 Å². The maximum absolute atomic E-state index is 10.8. The van der Waals surface area contributed by atoms with Crippen LogP contribution in [0.4, 0.5) is 0 Å². The summed E-state index contributed by atoms with van der Waals surface area (Å²) in [7, 11) is -5.57. The van der Waals surface area contributed by atoms with Crippen LogP contribution < -0.4 is 0 Å². The van der Waals surface area contributed by atoms with Crippen LogP contribution in [0.3, 0.4) is 0 Å². The molecule has 2 aromatic carbocycles. The van der Waals surface area contributed by atoms with Crippen LogP contribution in [0.25, 0.3) is 33.6 Å². The van der Waals surface area contributed by atoms with Crippen LogP contribution >= 0.6 is 0 Å². The molecule has 1 atom stereocenters. The molecule has 4 aromatic rings. The molecule has 182 valence electrons. The van der Waals surface area contributed by atoms with E-state index in [4.69, 9.17) is 4.55 Å². The van der Waals surface area contributed by atoms with E-state index >= 15 is 0 Å². The van der Waals surface area contributed by atoms with Gasteiger partial charge in [0, 0.05) is 12.4 Å². The molecule has 0 aliphatic heterocycles. The number of nitrogens with zero attached hydrogens (tertiary/aromatic N) is 2. The third-order valence-electron chi connectivity index (χ3n) is 5.69. The first-order valence-electron chi connectivity index (χ1n) is 11.6. The predicted molar refractivity (Wildman–Crippen MR) is 147 cm³/mol. The normalized spacial score (nSPS) is 12.4. The van der Waals surface area contributed by atoms with Gasteiger partial charge in [-0.3, -0.25) is 14.5 Å². The Morgan fingerprint density at radius 3 is 1.40 bits per heavy atom. The molecule has 1 N–H and O–H groups in total. The highest BCUT2D eigenvalue weighted by atomic mass is 32.2. The van der Waals surface area contributed by atoms with Gasteiger partial charge in [-0.1, -0.05) is 87.2 Å². The third-order valence-corrected chi connectivity index (χ3v) is 12.1. The maximum Gasteiger partial charge on any atom is 0.265 e. The number of rotatable bonds is 6. The zero-order chi connectivity index (χ0) is 25.5. The number of benzene rings is 2. The Labute approximate surface area is 209 Å². The van der Waals surface area contributed by atoms with Gasteiger partial charge >= 0.3 is 0 Å². The molecule has 0 fully saturated rings. The molecule has 0 saturated carbocycles. The molecule has 5 nitrogen and oxygen atoms in total. The van der Waals surface area contributed by atoms with Gasteiger partial charge in [-0.05, 0) is 52.9 Å². The second-order valence-corrected chi connectivity index (χ2v) is 16.8.